The number of pyridine rings is 2. The summed E-state index contributed by atoms with van der Waals surface area (Å²) in [6.45, 7) is 5.52. The van der Waals surface area contributed by atoms with Crippen LogP contribution in [-0.4, -0.2) is 37.7 Å². The van der Waals surface area contributed by atoms with Crippen molar-refractivity contribution in [1.82, 2.24) is 24.6 Å². The van der Waals surface area contributed by atoms with Crippen LogP contribution in [0.3, 0.4) is 0 Å². The minimum absolute atomic E-state index is 0.322. The summed E-state index contributed by atoms with van der Waals surface area (Å²) in [6, 6.07) is 5.85. The second-order valence-electron chi connectivity index (χ2n) is 9.24. The lowest BCUT2D eigenvalue weighted by atomic mass is 9.76. The molecule has 1 aliphatic heterocycles. The highest BCUT2D eigenvalue weighted by atomic mass is 19.1. The van der Waals surface area contributed by atoms with Gasteiger partial charge < -0.3 is 4.90 Å². The van der Waals surface area contributed by atoms with Gasteiger partial charge in [-0.05, 0) is 74.3 Å². The Morgan fingerprint density at radius 2 is 1.75 bits per heavy atom. The third kappa shape index (κ3) is 2.91. The average Bonchev–Trinajstić information content (AvgIpc) is 3.41. The molecule has 162 valence electrons. The minimum atomic E-state index is -0.322. The van der Waals surface area contributed by atoms with Crippen LogP contribution in [0, 0.1) is 25.1 Å². The summed E-state index contributed by atoms with van der Waals surface area (Å²) in [6.07, 6.45) is 11.9. The van der Waals surface area contributed by atoms with E-state index in [9.17, 15) is 4.39 Å². The third-order valence-electron chi connectivity index (χ3n) is 7.28. The highest BCUT2D eigenvalue weighted by Crippen LogP contribution is 2.45. The number of fused-ring (bicyclic) bond motifs is 2. The molecule has 5 heterocycles. The van der Waals surface area contributed by atoms with Gasteiger partial charge in [-0.15, -0.1) is 0 Å². The zero-order chi connectivity index (χ0) is 21.9. The zero-order valence-corrected chi connectivity index (χ0v) is 18.3. The number of piperidine rings is 1. The van der Waals surface area contributed by atoms with Gasteiger partial charge in [0.2, 0.25) is 0 Å². The molecule has 0 saturated carbocycles. The molecule has 1 spiro atoms. The minimum Gasteiger partial charge on any atom is -0.355 e. The standard InChI is InChI=1S/C25H25FN6/c1-16-22(26)20(4-9-28-16)23-17(2)30-24(21-5-10-29-32(21)23)31-11-6-25(7-12-31)13-18-3-8-27-15-19(18)14-25/h3-5,8-10,15H,6-7,11-14H2,1-2H3. The Kier molecular flexibility index (Phi) is 4.28. The molecule has 1 aliphatic carbocycles. The molecule has 4 aromatic heterocycles. The first-order chi connectivity index (χ1) is 15.5. The van der Waals surface area contributed by atoms with Crippen molar-refractivity contribution in [1.29, 1.82) is 0 Å². The summed E-state index contributed by atoms with van der Waals surface area (Å²) < 4.78 is 16.7. The van der Waals surface area contributed by atoms with Crippen LogP contribution in [0.2, 0.25) is 0 Å². The Balaban J connectivity index is 1.34. The van der Waals surface area contributed by atoms with Gasteiger partial charge in [0, 0.05) is 37.2 Å². The lowest BCUT2D eigenvalue weighted by Gasteiger charge is -2.40. The molecule has 32 heavy (non-hydrogen) atoms. The predicted octanol–water partition coefficient (Wildman–Crippen LogP) is 4.33. The molecule has 0 radical (unpaired) electrons. The first-order valence-corrected chi connectivity index (χ1v) is 11.2. The van der Waals surface area contributed by atoms with Gasteiger partial charge in [-0.1, -0.05) is 0 Å². The Bertz CT molecular complexity index is 1310. The van der Waals surface area contributed by atoms with Gasteiger partial charge >= 0.3 is 0 Å². The number of anilines is 1. The highest BCUT2D eigenvalue weighted by Gasteiger charge is 2.40. The van der Waals surface area contributed by atoms with Crippen molar-refractivity contribution in [3.8, 4) is 11.3 Å². The monoisotopic (exact) mass is 428 g/mol. The molecule has 2 aliphatic rings. The molecule has 0 aromatic carbocycles. The van der Waals surface area contributed by atoms with Crippen LogP contribution in [0.25, 0.3) is 16.8 Å². The van der Waals surface area contributed by atoms with E-state index in [0.717, 1.165) is 55.8 Å². The molecule has 0 bridgehead atoms. The molecule has 1 fully saturated rings. The van der Waals surface area contributed by atoms with E-state index in [0.29, 0.717) is 22.4 Å². The molecule has 4 aromatic rings. The first kappa shape index (κ1) is 19.3. The molecular weight excluding hydrogens is 403 g/mol. The maximum absolute atomic E-state index is 14.9. The van der Waals surface area contributed by atoms with Crippen molar-refractivity contribution < 1.29 is 4.39 Å². The van der Waals surface area contributed by atoms with Crippen molar-refractivity contribution >= 4 is 11.3 Å². The normalized spacial score (nSPS) is 17.3. The van der Waals surface area contributed by atoms with Crippen molar-refractivity contribution in [3.63, 3.8) is 0 Å². The van der Waals surface area contributed by atoms with Crippen LogP contribution in [-0.2, 0) is 12.8 Å². The molecule has 0 amide bonds. The zero-order valence-electron chi connectivity index (χ0n) is 18.3. The highest BCUT2D eigenvalue weighted by molar-refractivity contribution is 5.75. The number of aromatic nitrogens is 5. The van der Waals surface area contributed by atoms with Crippen LogP contribution in [0.4, 0.5) is 10.2 Å². The van der Waals surface area contributed by atoms with Crippen molar-refractivity contribution in [3.05, 3.63) is 71.3 Å². The fraction of sp³-hybridized carbons (Fsp3) is 0.360. The van der Waals surface area contributed by atoms with Gasteiger partial charge in [-0.3, -0.25) is 9.97 Å². The molecular formula is C25H25FN6. The average molecular weight is 429 g/mol. The maximum Gasteiger partial charge on any atom is 0.155 e. The van der Waals surface area contributed by atoms with E-state index in [1.54, 1.807) is 25.4 Å². The van der Waals surface area contributed by atoms with E-state index in [2.05, 4.69) is 26.0 Å². The number of aryl methyl sites for hydroxylation is 2. The quantitative estimate of drug-likeness (QED) is 0.476. The number of rotatable bonds is 2. The van der Waals surface area contributed by atoms with E-state index < -0.39 is 0 Å². The van der Waals surface area contributed by atoms with Gasteiger partial charge in [-0.25, -0.2) is 13.9 Å². The number of hydrogen-bond donors (Lipinski definition) is 0. The van der Waals surface area contributed by atoms with E-state index in [1.807, 2.05) is 29.9 Å². The van der Waals surface area contributed by atoms with E-state index in [1.165, 1.54) is 11.1 Å². The summed E-state index contributed by atoms with van der Waals surface area (Å²) in [5, 5.41) is 4.54. The number of nitrogens with zero attached hydrogens (tertiary/aromatic N) is 6. The molecule has 7 heteroatoms. The SMILES string of the molecule is Cc1nccc(-c2c(C)nc(N3CCC4(CC3)Cc3ccncc3C4)c3ccnn23)c1F. The summed E-state index contributed by atoms with van der Waals surface area (Å²) in [4.78, 5) is 15.7. The van der Waals surface area contributed by atoms with Gasteiger partial charge in [0.05, 0.1) is 23.3 Å². The fourth-order valence-electron chi connectivity index (χ4n) is 5.55. The van der Waals surface area contributed by atoms with Crippen LogP contribution < -0.4 is 4.90 Å². The predicted molar refractivity (Wildman–Crippen MR) is 121 cm³/mol. The Morgan fingerprint density at radius 3 is 2.56 bits per heavy atom. The van der Waals surface area contributed by atoms with E-state index in [4.69, 9.17) is 4.98 Å². The largest absolute Gasteiger partial charge is 0.355 e. The fourth-order valence-corrected chi connectivity index (χ4v) is 5.55. The second-order valence-corrected chi connectivity index (χ2v) is 9.24. The number of halogens is 1. The number of hydrogen-bond acceptors (Lipinski definition) is 5. The van der Waals surface area contributed by atoms with Crippen molar-refractivity contribution in [2.75, 3.05) is 18.0 Å². The molecule has 0 atom stereocenters. The van der Waals surface area contributed by atoms with Crippen LogP contribution >= 0.6 is 0 Å². The Hall–Kier alpha value is -3.35. The smallest absolute Gasteiger partial charge is 0.155 e. The van der Waals surface area contributed by atoms with E-state index >= 15 is 0 Å². The summed E-state index contributed by atoms with van der Waals surface area (Å²) in [7, 11) is 0. The van der Waals surface area contributed by atoms with Crippen LogP contribution in [0.5, 0.6) is 0 Å². The van der Waals surface area contributed by atoms with Crippen molar-refractivity contribution in [2.24, 2.45) is 5.41 Å². The lowest BCUT2D eigenvalue weighted by molar-refractivity contribution is 0.232. The molecule has 0 N–H and O–H groups in total. The van der Waals surface area contributed by atoms with Crippen LogP contribution in [0.15, 0.2) is 43.0 Å². The lowest BCUT2D eigenvalue weighted by Crippen LogP contribution is -2.41. The summed E-state index contributed by atoms with van der Waals surface area (Å²) in [5.41, 5.74) is 6.42. The third-order valence-corrected chi connectivity index (χ3v) is 7.28. The molecule has 6 nitrogen and oxygen atoms in total. The van der Waals surface area contributed by atoms with Gasteiger partial charge in [0.25, 0.3) is 0 Å². The van der Waals surface area contributed by atoms with E-state index in [-0.39, 0.29) is 5.82 Å². The topological polar surface area (TPSA) is 59.2 Å². The van der Waals surface area contributed by atoms with Crippen molar-refractivity contribution in [2.45, 2.75) is 39.5 Å². The summed E-state index contributed by atoms with van der Waals surface area (Å²) >= 11 is 0. The Labute approximate surface area is 186 Å². The van der Waals surface area contributed by atoms with Gasteiger partial charge in [-0.2, -0.15) is 5.10 Å². The summed E-state index contributed by atoms with van der Waals surface area (Å²) in [5.74, 6) is 0.610. The molecule has 0 unspecified atom stereocenters. The second kappa shape index (κ2) is 7.08. The molecule has 1 saturated heterocycles. The van der Waals surface area contributed by atoms with Gasteiger partial charge in [0.15, 0.2) is 11.6 Å². The van der Waals surface area contributed by atoms with Gasteiger partial charge in [0.1, 0.15) is 5.52 Å². The molecule has 6 rings (SSSR count). The Morgan fingerprint density at radius 1 is 0.938 bits per heavy atom. The first-order valence-electron chi connectivity index (χ1n) is 11.2. The maximum atomic E-state index is 14.9. The van der Waals surface area contributed by atoms with Crippen LogP contribution in [0.1, 0.15) is 35.4 Å².